The van der Waals surface area contributed by atoms with Crippen LogP contribution < -0.4 is 9.64 Å². The lowest BCUT2D eigenvalue weighted by molar-refractivity contribution is -0.0133. The normalized spacial score (nSPS) is 22.1. The molecule has 0 spiro atoms. The van der Waals surface area contributed by atoms with Gasteiger partial charge in [-0.25, -0.2) is 14.0 Å². The lowest BCUT2D eigenvalue weighted by atomic mass is 10.0. The molecule has 2 fully saturated rings. The molecule has 178 valence electrons. The molecule has 2 atom stereocenters. The number of carbonyl (C=O) groups is 2. The number of hydrogen-bond acceptors (Lipinski definition) is 5. The highest BCUT2D eigenvalue weighted by Crippen LogP contribution is 2.33. The number of carboxylic acid groups (broad SMARTS) is 1. The van der Waals surface area contributed by atoms with Crippen LogP contribution in [-0.2, 0) is 9.16 Å². The minimum atomic E-state index is -0.951. The minimum absolute atomic E-state index is 0.0263. The van der Waals surface area contributed by atoms with Crippen LogP contribution in [0.2, 0.25) is 5.04 Å². The predicted molar refractivity (Wildman–Crippen MR) is 121 cm³/mol. The number of rotatable bonds is 7. The highest BCUT2D eigenvalue weighted by molar-refractivity contribution is 6.31. The molecule has 3 rings (SSSR count). The Morgan fingerprint density at radius 3 is 2.59 bits per heavy atom. The van der Waals surface area contributed by atoms with E-state index in [9.17, 15) is 14.0 Å². The second-order valence-corrected chi connectivity index (χ2v) is 12.9. The number of ether oxygens (including phenoxy) is 2. The summed E-state index contributed by atoms with van der Waals surface area (Å²) in [6, 6.07) is 4.37. The van der Waals surface area contributed by atoms with Crippen LogP contribution in [0.3, 0.4) is 0 Å². The second kappa shape index (κ2) is 9.26. The maximum absolute atomic E-state index is 14.7. The van der Waals surface area contributed by atoms with Crippen LogP contribution in [-0.4, -0.2) is 69.9 Å². The highest BCUT2D eigenvalue weighted by atomic mass is 28.2. The molecule has 2 saturated heterocycles. The molecule has 0 aromatic heterocycles. The Morgan fingerprint density at radius 1 is 1.28 bits per heavy atom. The van der Waals surface area contributed by atoms with Crippen molar-refractivity contribution in [3.8, 4) is 5.75 Å². The molecule has 2 amide bonds. The van der Waals surface area contributed by atoms with E-state index >= 15 is 0 Å². The molecule has 2 aliphatic heterocycles. The maximum atomic E-state index is 14.7. The Bertz CT molecular complexity index is 859. The van der Waals surface area contributed by atoms with Gasteiger partial charge in [0.2, 0.25) is 0 Å². The quantitative estimate of drug-likeness (QED) is 0.615. The average Bonchev–Trinajstić information content (AvgIpc) is 3.32. The van der Waals surface area contributed by atoms with Crippen LogP contribution >= 0.6 is 0 Å². The monoisotopic (exact) mass is 468 g/mol. The Balaban J connectivity index is 1.59. The van der Waals surface area contributed by atoms with Crippen molar-refractivity contribution in [2.45, 2.75) is 57.8 Å². The number of anilines is 1. The molecule has 32 heavy (non-hydrogen) atoms. The van der Waals surface area contributed by atoms with Crippen molar-refractivity contribution in [2.75, 3.05) is 31.1 Å². The highest BCUT2D eigenvalue weighted by Gasteiger charge is 2.43. The van der Waals surface area contributed by atoms with E-state index < -0.39 is 39.5 Å². The number of benzene rings is 1. The number of nitrogens with zero attached hydrogens (tertiary/aromatic N) is 2. The molecule has 1 N–H and O–H groups in total. The zero-order valence-electron chi connectivity index (χ0n) is 19.4. The molecule has 10 heteroatoms. The standard InChI is InChI=1S/C22H33FN2O6Si/c1-21(2,3)32-31-22(4,5)18-12-25(20(28)30-18)15-6-7-17(16(23)10-15)29-13-14-8-9-24(11-14)19(26)27/h6-7,10,14,18H,8-9,11-13,32H2,1-5H3,(H,26,27)/t14?,18-/m1/s1. The lowest BCUT2D eigenvalue weighted by Gasteiger charge is -2.33. The van der Waals surface area contributed by atoms with Gasteiger partial charge in [-0.3, -0.25) is 4.90 Å². The van der Waals surface area contributed by atoms with E-state index in [0.29, 0.717) is 25.2 Å². The topological polar surface area (TPSA) is 88.5 Å². The van der Waals surface area contributed by atoms with Crippen LogP contribution in [0.25, 0.3) is 0 Å². The van der Waals surface area contributed by atoms with Crippen LogP contribution in [0, 0.1) is 11.7 Å². The van der Waals surface area contributed by atoms with Crippen molar-refractivity contribution in [3.63, 3.8) is 0 Å². The van der Waals surface area contributed by atoms with Gasteiger partial charge in [0, 0.05) is 25.1 Å². The van der Waals surface area contributed by atoms with Crippen molar-refractivity contribution in [2.24, 2.45) is 5.92 Å². The van der Waals surface area contributed by atoms with Gasteiger partial charge in [0.25, 0.3) is 0 Å². The summed E-state index contributed by atoms with van der Waals surface area (Å²) in [6.07, 6.45) is -1.25. The Morgan fingerprint density at radius 2 is 2.00 bits per heavy atom. The fraction of sp³-hybridized carbons (Fsp3) is 0.636. The molecule has 2 heterocycles. The van der Waals surface area contributed by atoms with E-state index in [1.165, 1.54) is 21.9 Å². The van der Waals surface area contributed by atoms with Gasteiger partial charge < -0.3 is 23.9 Å². The van der Waals surface area contributed by atoms with Crippen LogP contribution in [0.1, 0.15) is 41.0 Å². The Kier molecular flexibility index (Phi) is 7.04. The zero-order chi connectivity index (χ0) is 23.7. The van der Waals surface area contributed by atoms with Gasteiger partial charge in [-0.2, -0.15) is 0 Å². The number of hydrogen-bond donors (Lipinski definition) is 1. The molecule has 2 aliphatic rings. The van der Waals surface area contributed by atoms with E-state index in [-0.39, 0.29) is 29.9 Å². The van der Waals surface area contributed by atoms with Crippen molar-refractivity contribution in [1.29, 1.82) is 0 Å². The first-order chi connectivity index (χ1) is 14.9. The van der Waals surface area contributed by atoms with E-state index in [1.807, 2.05) is 13.8 Å². The first-order valence-corrected chi connectivity index (χ1v) is 12.2. The van der Waals surface area contributed by atoms with Gasteiger partial charge in [-0.15, -0.1) is 0 Å². The smallest absolute Gasteiger partial charge is 0.414 e. The van der Waals surface area contributed by atoms with Gasteiger partial charge in [-0.05, 0) is 37.4 Å². The first kappa shape index (κ1) is 24.3. The summed E-state index contributed by atoms with van der Waals surface area (Å²) < 4.78 is 32.0. The zero-order valence-corrected chi connectivity index (χ0v) is 20.8. The van der Waals surface area contributed by atoms with Gasteiger partial charge in [0.15, 0.2) is 21.3 Å². The summed E-state index contributed by atoms with van der Waals surface area (Å²) >= 11 is 0. The molecule has 1 aromatic carbocycles. The molecule has 0 radical (unpaired) electrons. The first-order valence-electron chi connectivity index (χ1n) is 10.9. The van der Waals surface area contributed by atoms with Crippen molar-refractivity contribution in [1.82, 2.24) is 4.90 Å². The summed E-state index contributed by atoms with van der Waals surface area (Å²) in [4.78, 5) is 26.2. The van der Waals surface area contributed by atoms with Crippen LogP contribution in [0.15, 0.2) is 18.2 Å². The largest absolute Gasteiger partial charge is 0.490 e. The molecular formula is C22H33FN2O6Si. The van der Waals surface area contributed by atoms with Crippen molar-refractivity contribution < 1.29 is 33.0 Å². The van der Waals surface area contributed by atoms with Gasteiger partial charge >= 0.3 is 12.2 Å². The molecule has 1 aromatic rings. The summed E-state index contributed by atoms with van der Waals surface area (Å²) in [5.41, 5.74) is -0.236. The third-order valence-electron chi connectivity index (χ3n) is 5.72. The molecule has 0 bridgehead atoms. The van der Waals surface area contributed by atoms with Crippen LogP contribution in [0.5, 0.6) is 5.75 Å². The summed E-state index contributed by atoms with van der Waals surface area (Å²) in [5.74, 6) is -0.479. The maximum Gasteiger partial charge on any atom is 0.414 e. The number of cyclic esters (lactones) is 1. The molecule has 1 unspecified atom stereocenters. The third-order valence-corrected chi connectivity index (χ3v) is 7.48. The average molecular weight is 469 g/mol. The van der Waals surface area contributed by atoms with E-state index in [2.05, 4.69) is 20.8 Å². The van der Waals surface area contributed by atoms with E-state index in [0.717, 1.165) is 0 Å². The Hall–Kier alpha value is -2.33. The SMILES string of the molecule is CC(C)(C)[SiH2]OC(C)(C)[C@H]1CN(c2ccc(OCC3CCN(C(=O)O)C3)c(F)c2)C(=O)O1. The van der Waals surface area contributed by atoms with Gasteiger partial charge in [-0.1, -0.05) is 20.8 Å². The molecular weight excluding hydrogens is 435 g/mol. The van der Waals surface area contributed by atoms with E-state index in [1.54, 1.807) is 6.07 Å². The van der Waals surface area contributed by atoms with Gasteiger partial charge in [0.05, 0.1) is 24.4 Å². The fourth-order valence-corrected chi connectivity index (χ4v) is 4.65. The predicted octanol–water partition coefficient (Wildman–Crippen LogP) is 3.63. The summed E-state index contributed by atoms with van der Waals surface area (Å²) in [6.45, 7) is 11.6. The summed E-state index contributed by atoms with van der Waals surface area (Å²) in [5, 5.41) is 9.14. The number of carbonyl (C=O) groups excluding carboxylic acids is 1. The number of likely N-dealkylation sites (tertiary alicyclic amines) is 1. The number of halogens is 1. The van der Waals surface area contributed by atoms with Crippen molar-refractivity contribution >= 4 is 27.6 Å². The fourth-order valence-electron chi connectivity index (χ4n) is 3.66. The van der Waals surface area contributed by atoms with Gasteiger partial charge in [0.1, 0.15) is 6.10 Å². The molecule has 0 aliphatic carbocycles. The van der Waals surface area contributed by atoms with Crippen LogP contribution in [0.4, 0.5) is 19.7 Å². The minimum Gasteiger partial charge on any atom is -0.490 e. The third kappa shape index (κ3) is 5.92. The van der Waals surface area contributed by atoms with Crippen molar-refractivity contribution in [3.05, 3.63) is 24.0 Å². The lowest BCUT2D eigenvalue weighted by Crippen LogP contribution is -2.43. The molecule has 0 saturated carbocycles. The summed E-state index contributed by atoms with van der Waals surface area (Å²) in [7, 11) is -0.839. The Labute approximate surface area is 190 Å². The number of amides is 2. The van der Waals surface area contributed by atoms with E-state index in [4.69, 9.17) is 19.0 Å². The second-order valence-electron chi connectivity index (χ2n) is 10.2. The molecule has 8 nitrogen and oxygen atoms in total.